The average molecular weight is 336 g/mol. The summed E-state index contributed by atoms with van der Waals surface area (Å²) in [6.07, 6.45) is 5.85. The number of hydrogen-bond donors (Lipinski definition) is 1. The molecule has 1 aliphatic heterocycles. The lowest BCUT2D eigenvalue weighted by Crippen LogP contribution is -2.47. The molecule has 0 bridgehead atoms. The molecule has 25 heavy (non-hydrogen) atoms. The van der Waals surface area contributed by atoms with E-state index in [2.05, 4.69) is 4.90 Å². The molecule has 130 valence electrons. The molecule has 1 atom stereocenters. The highest BCUT2D eigenvalue weighted by molar-refractivity contribution is 6.10. The van der Waals surface area contributed by atoms with Crippen molar-refractivity contribution in [2.24, 2.45) is 11.7 Å². The monoisotopic (exact) mass is 336 g/mol. The van der Waals surface area contributed by atoms with Gasteiger partial charge in [-0.15, -0.1) is 0 Å². The largest absolute Gasteiger partial charge is 0.366 e. The number of Topliss-reactive ketones (excluding diaryl/α,β-unsaturated/α-hetero) is 1. The maximum Gasteiger partial charge on any atom is 0.249 e. The molecule has 1 saturated carbocycles. The molecular formula is C21H24N2O2. The summed E-state index contributed by atoms with van der Waals surface area (Å²) in [5.41, 5.74) is 6.61. The Hall–Kier alpha value is -2.20. The van der Waals surface area contributed by atoms with E-state index in [1.165, 1.54) is 19.3 Å². The van der Waals surface area contributed by atoms with Crippen molar-refractivity contribution in [1.29, 1.82) is 0 Å². The van der Waals surface area contributed by atoms with Gasteiger partial charge in [0.2, 0.25) is 5.91 Å². The Morgan fingerprint density at radius 2 is 1.84 bits per heavy atom. The van der Waals surface area contributed by atoms with Gasteiger partial charge in [0.05, 0.1) is 0 Å². The van der Waals surface area contributed by atoms with Crippen LogP contribution in [0.5, 0.6) is 0 Å². The SMILES string of the molecule is NC(=O)c1cc(C(=O)C2CCCN(C3CCC3)C2)cc2ccccc12. The highest BCUT2D eigenvalue weighted by Gasteiger charge is 2.32. The van der Waals surface area contributed by atoms with Gasteiger partial charge in [-0.3, -0.25) is 14.5 Å². The topological polar surface area (TPSA) is 63.4 Å². The van der Waals surface area contributed by atoms with Crippen LogP contribution >= 0.6 is 0 Å². The predicted molar refractivity (Wildman–Crippen MR) is 98.7 cm³/mol. The van der Waals surface area contributed by atoms with E-state index < -0.39 is 5.91 Å². The van der Waals surface area contributed by atoms with E-state index in [9.17, 15) is 9.59 Å². The van der Waals surface area contributed by atoms with Crippen LogP contribution in [0.3, 0.4) is 0 Å². The normalized spacial score (nSPS) is 21.8. The van der Waals surface area contributed by atoms with Crippen molar-refractivity contribution in [2.45, 2.75) is 38.1 Å². The molecule has 1 heterocycles. The second-order valence-corrected chi connectivity index (χ2v) is 7.39. The first-order chi connectivity index (χ1) is 12.1. The molecule has 1 saturated heterocycles. The number of likely N-dealkylation sites (tertiary alicyclic amines) is 1. The Balaban J connectivity index is 1.64. The molecule has 0 radical (unpaired) electrons. The molecule has 2 aromatic carbocycles. The van der Waals surface area contributed by atoms with Crippen molar-refractivity contribution < 1.29 is 9.59 Å². The Morgan fingerprint density at radius 1 is 1.04 bits per heavy atom. The molecule has 2 N–H and O–H groups in total. The lowest BCUT2D eigenvalue weighted by molar-refractivity contribution is 0.0612. The van der Waals surface area contributed by atoms with Crippen LogP contribution in [0.1, 0.15) is 52.8 Å². The number of hydrogen-bond acceptors (Lipinski definition) is 3. The van der Waals surface area contributed by atoms with Gasteiger partial charge in [0.25, 0.3) is 0 Å². The molecule has 1 unspecified atom stereocenters. The molecular weight excluding hydrogens is 312 g/mol. The zero-order valence-corrected chi connectivity index (χ0v) is 14.4. The molecule has 2 fully saturated rings. The number of fused-ring (bicyclic) bond motifs is 1. The first kappa shape index (κ1) is 16.3. The maximum atomic E-state index is 13.1. The molecule has 2 aromatic rings. The summed E-state index contributed by atoms with van der Waals surface area (Å²) in [6, 6.07) is 11.9. The van der Waals surface area contributed by atoms with Crippen LogP contribution in [0, 0.1) is 5.92 Å². The zero-order chi connectivity index (χ0) is 17.4. The van der Waals surface area contributed by atoms with Gasteiger partial charge in [0, 0.05) is 29.6 Å². The van der Waals surface area contributed by atoms with E-state index in [0.717, 1.165) is 36.7 Å². The number of piperidine rings is 1. The number of carbonyl (C=O) groups is 2. The van der Waals surface area contributed by atoms with Crippen molar-refractivity contribution in [3.05, 3.63) is 47.5 Å². The van der Waals surface area contributed by atoms with Gasteiger partial charge in [0.1, 0.15) is 0 Å². The summed E-state index contributed by atoms with van der Waals surface area (Å²) < 4.78 is 0. The van der Waals surface area contributed by atoms with Gasteiger partial charge in [0.15, 0.2) is 5.78 Å². The number of amides is 1. The summed E-state index contributed by atoms with van der Waals surface area (Å²) >= 11 is 0. The number of ketones is 1. The third-order valence-corrected chi connectivity index (χ3v) is 5.83. The van der Waals surface area contributed by atoms with E-state index >= 15 is 0 Å². The minimum atomic E-state index is -0.481. The number of primary amides is 1. The van der Waals surface area contributed by atoms with Crippen LogP contribution in [0.15, 0.2) is 36.4 Å². The van der Waals surface area contributed by atoms with Crippen LogP contribution in [0.2, 0.25) is 0 Å². The lowest BCUT2D eigenvalue weighted by Gasteiger charge is -2.42. The third kappa shape index (κ3) is 3.07. The summed E-state index contributed by atoms with van der Waals surface area (Å²) in [5.74, 6) is -0.306. The molecule has 4 nitrogen and oxygen atoms in total. The Labute approximate surface area is 148 Å². The fourth-order valence-corrected chi connectivity index (χ4v) is 4.20. The number of carbonyl (C=O) groups excluding carboxylic acids is 2. The smallest absolute Gasteiger partial charge is 0.249 e. The Morgan fingerprint density at radius 3 is 2.56 bits per heavy atom. The van der Waals surface area contributed by atoms with E-state index in [-0.39, 0.29) is 11.7 Å². The summed E-state index contributed by atoms with van der Waals surface area (Å²) in [4.78, 5) is 27.5. The van der Waals surface area contributed by atoms with Gasteiger partial charge in [-0.05, 0) is 55.1 Å². The van der Waals surface area contributed by atoms with E-state index in [0.29, 0.717) is 17.2 Å². The first-order valence-electron chi connectivity index (χ1n) is 9.24. The van der Waals surface area contributed by atoms with Gasteiger partial charge in [-0.25, -0.2) is 0 Å². The van der Waals surface area contributed by atoms with Crippen molar-refractivity contribution in [3.63, 3.8) is 0 Å². The van der Waals surface area contributed by atoms with Gasteiger partial charge >= 0.3 is 0 Å². The highest BCUT2D eigenvalue weighted by atomic mass is 16.1. The van der Waals surface area contributed by atoms with Crippen LogP contribution in [-0.4, -0.2) is 35.7 Å². The van der Waals surface area contributed by atoms with Gasteiger partial charge in [-0.2, -0.15) is 0 Å². The molecule has 2 aliphatic rings. The molecule has 1 aliphatic carbocycles. The average Bonchev–Trinajstić information content (AvgIpc) is 2.58. The fourth-order valence-electron chi connectivity index (χ4n) is 4.20. The quantitative estimate of drug-likeness (QED) is 0.871. The number of nitrogens with two attached hydrogens (primary N) is 1. The lowest BCUT2D eigenvalue weighted by atomic mass is 9.84. The van der Waals surface area contributed by atoms with E-state index in [4.69, 9.17) is 5.73 Å². The van der Waals surface area contributed by atoms with E-state index in [1.807, 2.05) is 30.3 Å². The highest BCUT2D eigenvalue weighted by Crippen LogP contribution is 2.31. The predicted octanol–water partition coefficient (Wildman–Crippen LogP) is 3.39. The summed E-state index contributed by atoms with van der Waals surface area (Å²) in [6.45, 7) is 1.96. The van der Waals surface area contributed by atoms with Crippen LogP contribution in [0.25, 0.3) is 10.8 Å². The second kappa shape index (κ2) is 6.60. The number of rotatable bonds is 4. The van der Waals surface area contributed by atoms with Crippen LogP contribution < -0.4 is 5.73 Å². The van der Waals surface area contributed by atoms with Crippen molar-refractivity contribution in [1.82, 2.24) is 4.90 Å². The van der Waals surface area contributed by atoms with Crippen molar-refractivity contribution in [2.75, 3.05) is 13.1 Å². The fraction of sp³-hybridized carbons (Fsp3) is 0.429. The summed E-state index contributed by atoms with van der Waals surface area (Å²) in [5, 5.41) is 1.71. The number of benzene rings is 2. The first-order valence-corrected chi connectivity index (χ1v) is 9.24. The number of nitrogens with zero attached hydrogens (tertiary/aromatic N) is 1. The molecule has 1 amide bonds. The maximum absolute atomic E-state index is 13.1. The standard InChI is InChI=1S/C21H24N2O2/c22-21(25)19-12-16(11-14-5-1-2-9-18(14)19)20(24)15-6-4-10-23(13-15)17-7-3-8-17/h1-2,5,9,11-12,15,17H,3-4,6-8,10,13H2,(H2,22,25). The van der Waals surface area contributed by atoms with Crippen molar-refractivity contribution >= 4 is 22.5 Å². The van der Waals surface area contributed by atoms with Crippen LogP contribution in [-0.2, 0) is 0 Å². The molecule has 4 heteroatoms. The van der Waals surface area contributed by atoms with Gasteiger partial charge < -0.3 is 5.73 Å². The third-order valence-electron chi connectivity index (χ3n) is 5.83. The van der Waals surface area contributed by atoms with Crippen molar-refractivity contribution in [3.8, 4) is 0 Å². The molecule has 0 spiro atoms. The van der Waals surface area contributed by atoms with Crippen LogP contribution in [0.4, 0.5) is 0 Å². The second-order valence-electron chi connectivity index (χ2n) is 7.39. The minimum Gasteiger partial charge on any atom is -0.366 e. The summed E-state index contributed by atoms with van der Waals surface area (Å²) in [7, 11) is 0. The molecule has 0 aromatic heterocycles. The Bertz CT molecular complexity index is 826. The van der Waals surface area contributed by atoms with Gasteiger partial charge in [-0.1, -0.05) is 30.7 Å². The minimum absolute atomic E-state index is 0.0243. The zero-order valence-electron chi connectivity index (χ0n) is 14.4. The molecule has 4 rings (SSSR count). The Kier molecular flexibility index (Phi) is 4.30. The van der Waals surface area contributed by atoms with E-state index in [1.54, 1.807) is 6.07 Å².